The molecule has 0 aromatic rings. The molecule has 22 heteroatoms. The van der Waals surface area contributed by atoms with Gasteiger partial charge >= 0.3 is 49.8 Å². The highest BCUT2D eigenvalue weighted by Crippen LogP contribution is 2.71. The molecular formula is C12H8F17O4P. The Balaban J connectivity index is 3.61. The van der Waals surface area contributed by atoms with Crippen LogP contribution in [0, 0.1) is 0 Å². The molecule has 1 rings (SSSR count). The van der Waals surface area contributed by atoms with Gasteiger partial charge in [-0.3, -0.25) is 13.6 Å². The molecule has 0 aromatic carbocycles. The molecule has 0 unspecified atom stereocenters. The fourth-order valence-electron chi connectivity index (χ4n) is 2.43. The monoisotopic (exact) mass is 570 g/mol. The second-order valence-corrected chi connectivity index (χ2v) is 8.18. The van der Waals surface area contributed by atoms with Crippen LogP contribution >= 0.6 is 7.82 Å². The molecule has 1 fully saturated rings. The SMILES string of the molecule is C[C@@H](OP(=O)(OCC(F)(F)F)OCC(F)(F)F)C1(F)C(F)(F)C(F)(F)C(F)(F)C(F)(F)C1(F)F. The van der Waals surface area contributed by atoms with Crippen molar-refractivity contribution in [3.05, 3.63) is 0 Å². The van der Waals surface area contributed by atoms with Crippen molar-refractivity contribution in [3.63, 3.8) is 0 Å². The van der Waals surface area contributed by atoms with Crippen LogP contribution in [0.15, 0.2) is 0 Å². The van der Waals surface area contributed by atoms with Crippen LogP contribution in [0.5, 0.6) is 0 Å². The van der Waals surface area contributed by atoms with E-state index in [1.165, 1.54) is 0 Å². The number of hydrogen-bond donors (Lipinski definition) is 0. The van der Waals surface area contributed by atoms with E-state index in [-0.39, 0.29) is 0 Å². The number of phosphoric acid groups is 1. The first-order chi connectivity index (χ1) is 14.5. The largest absolute Gasteiger partial charge is 0.475 e. The van der Waals surface area contributed by atoms with Gasteiger partial charge in [-0.2, -0.15) is 70.2 Å². The molecule has 0 aliphatic heterocycles. The molecule has 1 aliphatic rings. The molecule has 0 bridgehead atoms. The van der Waals surface area contributed by atoms with Gasteiger partial charge in [-0.15, -0.1) is 0 Å². The third kappa shape index (κ3) is 4.56. The molecule has 0 heterocycles. The minimum Gasteiger partial charge on any atom is -0.280 e. The summed E-state index contributed by atoms with van der Waals surface area (Å²) in [6, 6.07) is 0. The molecule has 1 aliphatic carbocycles. The predicted octanol–water partition coefficient (Wildman–Crippen LogP) is 6.56. The van der Waals surface area contributed by atoms with Gasteiger partial charge in [0.15, 0.2) is 13.2 Å². The topological polar surface area (TPSA) is 44.8 Å². The van der Waals surface area contributed by atoms with E-state index in [1.807, 2.05) is 0 Å². The molecule has 0 N–H and O–H groups in total. The van der Waals surface area contributed by atoms with Crippen molar-refractivity contribution in [2.75, 3.05) is 13.2 Å². The van der Waals surface area contributed by atoms with Gasteiger partial charge in [-0.25, -0.2) is 8.96 Å². The summed E-state index contributed by atoms with van der Waals surface area (Å²) < 4.78 is 245. The minimum atomic E-state index is -7.67. The summed E-state index contributed by atoms with van der Waals surface area (Å²) >= 11 is 0. The lowest BCUT2D eigenvalue weighted by molar-refractivity contribution is -0.491. The molecule has 4 nitrogen and oxygen atoms in total. The van der Waals surface area contributed by atoms with Gasteiger partial charge < -0.3 is 0 Å². The van der Waals surface area contributed by atoms with Crippen molar-refractivity contribution in [1.82, 2.24) is 0 Å². The summed E-state index contributed by atoms with van der Waals surface area (Å²) in [5.41, 5.74) is -7.05. The highest BCUT2D eigenvalue weighted by molar-refractivity contribution is 7.48. The summed E-state index contributed by atoms with van der Waals surface area (Å²) in [6.45, 7) is -6.70. The molecule has 0 amide bonds. The van der Waals surface area contributed by atoms with Crippen LogP contribution in [0.1, 0.15) is 6.92 Å². The molecule has 1 atom stereocenters. The third-order valence-electron chi connectivity index (χ3n) is 4.11. The van der Waals surface area contributed by atoms with Crippen molar-refractivity contribution >= 4 is 7.82 Å². The molecular weight excluding hydrogens is 562 g/mol. The molecule has 1 saturated carbocycles. The first-order valence-corrected chi connectivity index (χ1v) is 9.29. The molecule has 0 radical (unpaired) electrons. The van der Waals surface area contributed by atoms with Crippen LogP contribution in [-0.4, -0.2) is 67.0 Å². The van der Waals surface area contributed by atoms with E-state index in [4.69, 9.17) is 0 Å². The second kappa shape index (κ2) is 8.22. The number of phosphoric ester groups is 1. The summed E-state index contributed by atoms with van der Waals surface area (Å²) in [4.78, 5) is 0. The van der Waals surface area contributed by atoms with E-state index in [0.29, 0.717) is 0 Å². The van der Waals surface area contributed by atoms with Crippen LogP contribution in [0.4, 0.5) is 74.6 Å². The van der Waals surface area contributed by atoms with Gasteiger partial charge in [0.05, 0.1) is 0 Å². The van der Waals surface area contributed by atoms with Crippen molar-refractivity contribution in [3.8, 4) is 0 Å². The summed E-state index contributed by atoms with van der Waals surface area (Å²) in [5, 5.41) is 0. The number of rotatable bonds is 7. The fraction of sp³-hybridized carbons (Fsp3) is 1.00. The molecule has 204 valence electrons. The summed E-state index contributed by atoms with van der Waals surface area (Å²) in [7, 11) is -6.83. The van der Waals surface area contributed by atoms with Crippen LogP contribution in [-0.2, 0) is 18.1 Å². The average Bonchev–Trinajstić information content (AvgIpc) is 2.61. The van der Waals surface area contributed by atoms with Crippen LogP contribution < -0.4 is 0 Å². The van der Waals surface area contributed by atoms with Gasteiger partial charge in [0.25, 0.3) is 5.67 Å². The molecule has 34 heavy (non-hydrogen) atoms. The Morgan fingerprint density at radius 2 is 0.882 bits per heavy atom. The van der Waals surface area contributed by atoms with Gasteiger partial charge in [-0.1, -0.05) is 0 Å². The Kier molecular flexibility index (Phi) is 7.49. The molecule has 0 aromatic heterocycles. The van der Waals surface area contributed by atoms with Gasteiger partial charge in [-0.05, 0) is 6.92 Å². The molecule has 0 spiro atoms. The van der Waals surface area contributed by atoms with E-state index >= 15 is 0 Å². The zero-order valence-corrected chi connectivity index (χ0v) is 16.4. The average molecular weight is 570 g/mol. The van der Waals surface area contributed by atoms with Crippen molar-refractivity contribution < 1.29 is 92.8 Å². The Morgan fingerprint density at radius 3 is 1.15 bits per heavy atom. The highest BCUT2D eigenvalue weighted by atomic mass is 31.2. The van der Waals surface area contributed by atoms with Gasteiger partial charge in [0, 0.05) is 0 Å². The van der Waals surface area contributed by atoms with Crippen LogP contribution in [0.2, 0.25) is 0 Å². The standard InChI is InChI=1S/C12H8F17O4P/c1-4(33-34(30,31-2-5(13,14)15)32-3-6(16,17)18)7(19)8(20,21)10(24,25)12(28,29)11(26,27)9(7,22)23/h4H,2-3H2,1H3/t4-/m1/s1. The number of hydrogen-bond acceptors (Lipinski definition) is 4. The van der Waals surface area contributed by atoms with E-state index in [2.05, 4.69) is 13.6 Å². The fourth-order valence-corrected chi connectivity index (χ4v) is 3.76. The normalized spacial score (nSPS) is 26.2. The van der Waals surface area contributed by atoms with Crippen molar-refractivity contribution in [1.29, 1.82) is 0 Å². The highest BCUT2D eigenvalue weighted by Gasteiger charge is 3.02. The minimum absolute atomic E-state index is 0.738. The maximum absolute atomic E-state index is 14.7. The number of halogens is 17. The third-order valence-corrected chi connectivity index (χ3v) is 5.58. The Bertz CT molecular complexity index is 751. The Morgan fingerprint density at radius 1 is 0.618 bits per heavy atom. The van der Waals surface area contributed by atoms with Crippen LogP contribution in [0.25, 0.3) is 0 Å². The van der Waals surface area contributed by atoms with E-state index in [1.54, 1.807) is 0 Å². The van der Waals surface area contributed by atoms with E-state index in [0.717, 1.165) is 0 Å². The van der Waals surface area contributed by atoms with Crippen molar-refractivity contribution in [2.45, 2.75) is 60.7 Å². The Hall–Kier alpha value is -1.08. The lowest BCUT2D eigenvalue weighted by Gasteiger charge is -2.53. The maximum Gasteiger partial charge on any atom is 0.475 e. The van der Waals surface area contributed by atoms with Gasteiger partial charge in [0.1, 0.15) is 6.10 Å². The van der Waals surface area contributed by atoms with Crippen molar-refractivity contribution in [2.24, 2.45) is 0 Å². The first-order valence-electron chi connectivity index (χ1n) is 7.83. The zero-order valence-electron chi connectivity index (χ0n) is 15.5. The first kappa shape index (κ1) is 31.0. The quantitative estimate of drug-likeness (QED) is 0.257. The maximum atomic E-state index is 14.7. The zero-order chi connectivity index (χ0) is 27.6. The smallest absolute Gasteiger partial charge is 0.280 e. The summed E-state index contributed by atoms with van der Waals surface area (Å²) in [5.74, 6) is -38.1. The van der Waals surface area contributed by atoms with Gasteiger partial charge in [0.2, 0.25) is 0 Å². The lowest BCUT2D eigenvalue weighted by atomic mass is 9.70. The predicted molar refractivity (Wildman–Crippen MR) is 70.7 cm³/mol. The number of alkyl halides is 17. The summed E-state index contributed by atoms with van der Waals surface area (Å²) in [6.07, 6.45) is -15.9. The second-order valence-electron chi connectivity index (χ2n) is 6.56. The van der Waals surface area contributed by atoms with E-state index < -0.39 is 81.7 Å². The van der Waals surface area contributed by atoms with Crippen LogP contribution in [0.3, 0.4) is 0 Å². The van der Waals surface area contributed by atoms with E-state index in [9.17, 15) is 79.2 Å². The lowest BCUT2D eigenvalue weighted by Crippen LogP contribution is -2.85. The molecule has 0 saturated heterocycles. The Labute approximate surface area is 175 Å².